The molecular formula is C6H4BrF2N. The van der Waals surface area contributed by atoms with E-state index in [1.54, 1.807) is 6.07 Å². The van der Waals surface area contributed by atoms with Gasteiger partial charge in [0.2, 0.25) is 0 Å². The van der Waals surface area contributed by atoms with Crippen molar-refractivity contribution in [1.29, 1.82) is 0 Å². The zero-order chi connectivity index (χ0) is 7.56. The highest BCUT2D eigenvalue weighted by Gasteiger charge is 2.04. The molecule has 10 heavy (non-hydrogen) atoms. The summed E-state index contributed by atoms with van der Waals surface area (Å²) < 4.78 is 24.8. The van der Waals surface area contributed by atoms with Crippen LogP contribution in [0.5, 0.6) is 0 Å². The molecule has 0 fully saturated rings. The summed E-state index contributed by atoms with van der Waals surface area (Å²) in [5.41, 5.74) is -0.123. The molecule has 0 spiro atoms. The molecule has 0 saturated carbocycles. The molecule has 0 N–H and O–H groups in total. The van der Waals surface area contributed by atoms with E-state index in [0.29, 0.717) is 0 Å². The average molecular weight is 208 g/mol. The molecule has 0 aliphatic carbocycles. The molecule has 0 bridgehead atoms. The molecule has 1 rings (SSSR count). The first-order chi connectivity index (χ1) is 4.72. The Morgan fingerprint density at radius 3 is 2.30 bits per heavy atom. The van der Waals surface area contributed by atoms with Crippen molar-refractivity contribution >= 4 is 21.8 Å². The molecule has 0 aliphatic rings. The Labute approximate surface area is 65.5 Å². The van der Waals surface area contributed by atoms with Crippen LogP contribution in [0, 0.1) is 5.82 Å². The maximum absolute atomic E-state index is 12.5. The predicted octanol–water partition coefficient (Wildman–Crippen LogP) is 2.83. The number of benzene rings is 1. The smallest absolute Gasteiger partial charge is 0.150 e. The van der Waals surface area contributed by atoms with E-state index in [4.69, 9.17) is 0 Å². The molecule has 0 aromatic heterocycles. The minimum absolute atomic E-state index is 0.0579. The highest BCUT2D eigenvalue weighted by atomic mass is 79.9. The molecular weight excluding hydrogens is 204 g/mol. The molecule has 0 unspecified atom stereocenters. The third kappa shape index (κ3) is 1.44. The highest BCUT2D eigenvalue weighted by Crippen LogP contribution is 2.21. The highest BCUT2D eigenvalue weighted by molar-refractivity contribution is 9.10. The van der Waals surface area contributed by atoms with E-state index < -0.39 is 5.82 Å². The summed E-state index contributed by atoms with van der Waals surface area (Å²) in [6.07, 6.45) is 0. The largest absolute Gasteiger partial charge is 0.205 e. The van der Waals surface area contributed by atoms with Gasteiger partial charge in [-0.05, 0) is 12.1 Å². The summed E-state index contributed by atoms with van der Waals surface area (Å²) in [7, 11) is 0. The number of rotatable bonds is 1. The minimum Gasteiger partial charge on any atom is -0.205 e. The first-order valence-electron chi connectivity index (χ1n) is 2.58. The zero-order valence-electron chi connectivity index (χ0n) is 4.89. The van der Waals surface area contributed by atoms with Crippen LogP contribution in [0.25, 0.3) is 0 Å². The van der Waals surface area contributed by atoms with Crippen LogP contribution in [0.2, 0.25) is 0 Å². The van der Waals surface area contributed by atoms with E-state index in [0.717, 1.165) is 0 Å². The van der Waals surface area contributed by atoms with E-state index >= 15 is 0 Å². The van der Waals surface area contributed by atoms with Gasteiger partial charge in [-0.25, -0.2) is 4.39 Å². The van der Waals surface area contributed by atoms with Crippen molar-refractivity contribution < 1.29 is 8.87 Å². The Kier molecular flexibility index (Phi) is 2.21. The van der Waals surface area contributed by atoms with Gasteiger partial charge in [0.1, 0.15) is 11.5 Å². The van der Waals surface area contributed by atoms with E-state index in [2.05, 4.69) is 16.1 Å². The Morgan fingerprint density at radius 2 is 1.90 bits per heavy atom. The van der Waals surface area contributed by atoms with Gasteiger partial charge in [-0.15, -0.1) is 4.15 Å². The fourth-order valence-electron chi connectivity index (χ4n) is 0.589. The van der Waals surface area contributed by atoms with Crippen LogP contribution in [-0.4, -0.2) is 0 Å². The minimum atomic E-state index is -0.595. The lowest BCUT2D eigenvalue weighted by Gasteiger charge is -2.03. The van der Waals surface area contributed by atoms with Gasteiger partial charge in [0, 0.05) is 0 Å². The molecule has 0 heterocycles. The van der Waals surface area contributed by atoms with Gasteiger partial charge >= 0.3 is 0 Å². The second kappa shape index (κ2) is 2.96. The molecule has 1 aromatic rings. The van der Waals surface area contributed by atoms with Crippen molar-refractivity contribution in [3.63, 3.8) is 0 Å². The number of nitrogens with zero attached hydrogens (tertiary/aromatic N) is 1. The summed E-state index contributed by atoms with van der Waals surface area (Å²) in [4.78, 5) is 0. The van der Waals surface area contributed by atoms with E-state index in [-0.39, 0.29) is 9.84 Å². The monoisotopic (exact) mass is 207 g/mol. The lowest BCUT2D eigenvalue weighted by atomic mass is 10.3. The molecule has 0 saturated heterocycles. The molecule has 0 amide bonds. The van der Waals surface area contributed by atoms with Gasteiger partial charge in [0.05, 0.1) is 16.1 Å². The van der Waals surface area contributed by atoms with E-state index in [9.17, 15) is 8.87 Å². The molecule has 0 atom stereocenters. The van der Waals surface area contributed by atoms with Crippen molar-refractivity contribution in [2.45, 2.75) is 0 Å². The normalized spacial score (nSPS) is 9.50. The maximum Gasteiger partial charge on any atom is 0.150 e. The molecule has 54 valence electrons. The van der Waals surface area contributed by atoms with E-state index in [1.807, 2.05) is 0 Å². The van der Waals surface area contributed by atoms with Gasteiger partial charge in [0.15, 0.2) is 0 Å². The zero-order valence-corrected chi connectivity index (χ0v) is 6.48. The number of halogens is 3. The number of hydrogen-bond donors (Lipinski definition) is 0. The molecule has 0 radical (unpaired) electrons. The number of hydrogen-bond acceptors (Lipinski definition) is 1. The molecule has 1 nitrogen and oxygen atoms in total. The number of para-hydroxylation sites is 1. The summed E-state index contributed by atoms with van der Waals surface area (Å²) in [5, 5.41) is 0. The van der Waals surface area contributed by atoms with Crippen molar-refractivity contribution in [3.8, 4) is 0 Å². The first kappa shape index (κ1) is 7.47. The Hall–Kier alpha value is -0.640. The van der Waals surface area contributed by atoms with Crippen LogP contribution >= 0.6 is 16.1 Å². The van der Waals surface area contributed by atoms with Crippen molar-refractivity contribution in [2.24, 2.45) is 0 Å². The van der Waals surface area contributed by atoms with Crippen LogP contribution in [0.1, 0.15) is 0 Å². The van der Waals surface area contributed by atoms with Gasteiger partial charge in [0.25, 0.3) is 0 Å². The topological polar surface area (TPSA) is 3.24 Å². The SMILES string of the molecule is Fc1ccccc1N(F)Br. The second-order valence-corrected chi connectivity index (χ2v) is 2.31. The lowest BCUT2D eigenvalue weighted by molar-refractivity contribution is 0.534. The van der Waals surface area contributed by atoms with Crippen LogP contribution < -0.4 is 4.15 Å². The quantitative estimate of drug-likeness (QED) is 0.641. The van der Waals surface area contributed by atoms with Crippen LogP contribution in [0.3, 0.4) is 0 Å². The molecule has 1 aromatic carbocycles. The maximum atomic E-state index is 12.5. The Balaban J connectivity index is 3.03. The van der Waals surface area contributed by atoms with Crippen LogP contribution in [0.15, 0.2) is 24.3 Å². The average Bonchev–Trinajstić information content (AvgIpc) is 1.88. The fraction of sp³-hybridized carbons (Fsp3) is 0. The third-order valence-corrected chi connectivity index (χ3v) is 1.42. The van der Waals surface area contributed by atoms with Gasteiger partial charge in [-0.3, -0.25) is 0 Å². The third-order valence-electron chi connectivity index (χ3n) is 1.03. The Morgan fingerprint density at radius 1 is 1.30 bits per heavy atom. The molecule has 4 heteroatoms. The van der Waals surface area contributed by atoms with Gasteiger partial charge in [-0.2, -0.15) is 0 Å². The van der Waals surface area contributed by atoms with E-state index in [1.165, 1.54) is 18.2 Å². The Bertz CT molecular complexity index is 227. The second-order valence-electron chi connectivity index (χ2n) is 1.68. The summed E-state index contributed by atoms with van der Waals surface area (Å²) in [5.74, 6) is -0.595. The van der Waals surface area contributed by atoms with Gasteiger partial charge < -0.3 is 0 Å². The number of anilines is 1. The van der Waals surface area contributed by atoms with Crippen LogP contribution in [-0.2, 0) is 0 Å². The van der Waals surface area contributed by atoms with Crippen molar-refractivity contribution in [3.05, 3.63) is 30.1 Å². The lowest BCUT2D eigenvalue weighted by Crippen LogP contribution is -1.95. The van der Waals surface area contributed by atoms with Crippen LogP contribution in [0.4, 0.5) is 14.6 Å². The van der Waals surface area contributed by atoms with Crippen molar-refractivity contribution in [1.82, 2.24) is 0 Å². The first-order valence-corrected chi connectivity index (χ1v) is 3.29. The van der Waals surface area contributed by atoms with Crippen molar-refractivity contribution in [2.75, 3.05) is 4.15 Å². The fourth-order valence-corrected chi connectivity index (χ4v) is 0.876. The molecule has 0 aliphatic heterocycles. The predicted molar refractivity (Wildman–Crippen MR) is 38.9 cm³/mol. The summed E-state index contributed by atoms with van der Waals surface area (Å²) in [6.45, 7) is 0. The summed E-state index contributed by atoms with van der Waals surface area (Å²) in [6, 6.07) is 5.55. The summed E-state index contributed by atoms with van der Waals surface area (Å²) >= 11 is 2.46. The van der Waals surface area contributed by atoms with Gasteiger partial charge in [-0.1, -0.05) is 16.6 Å². The standard InChI is InChI=1S/C6H4BrF2N/c7-10(9)6-4-2-1-3-5(6)8/h1-4H.